The topological polar surface area (TPSA) is 79.7 Å². The lowest BCUT2D eigenvalue weighted by Crippen LogP contribution is -2.45. The Balaban J connectivity index is 1.60. The highest BCUT2D eigenvalue weighted by atomic mass is 32.1. The number of aryl methyl sites for hydroxylation is 1. The number of rotatable bonds is 3. The smallest absolute Gasteiger partial charge is 0.311 e. The minimum absolute atomic E-state index is 0.131. The molecule has 6 nitrogen and oxygen atoms in total. The summed E-state index contributed by atoms with van der Waals surface area (Å²) in [5, 5.41) is 12.7. The number of carbonyl (C=O) groups excluding carboxylic acids is 1. The van der Waals surface area contributed by atoms with Crippen molar-refractivity contribution in [2.75, 3.05) is 26.3 Å². The van der Waals surface area contributed by atoms with Crippen LogP contribution < -0.4 is 0 Å². The molecule has 2 saturated heterocycles. The number of nitrogens with zero attached hydrogens (tertiary/aromatic N) is 2. The summed E-state index contributed by atoms with van der Waals surface area (Å²) in [6, 6.07) is 7.39. The number of aromatic nitrogens is 1. The van der Waals surface area contributed by atoms with E-state index in [1.165, 1.54) is 0 Å². The summed E-state index contributed by atoms with van der Waals surface area (Å²) in [5.41, 5.74) is 1.44. The second-order valence-electron chi connectivity index (χ2n) is 7.00. The quantitative estimate of drug-likeness (QED) is 0.896. The predicted molar refractivity (Wildman–Crippen MR) is 97.2 cm³/mol. The molecule has 0 spiro atoms. The van der Waals surface area contributed by atoms with Crippen molar-refractivity contribution in [2.45, 2.75) is 13.3 Å². The fourth-order valence-corrected chi connectivity index (χ4v) is 4.57. The van der Waals surface area contributed by atoms with Crippen LogP contribution in [0.15, 0.2) is 29.6 Å². The molecule has 26 heavy (non-hydrogen) atoms. The van der Waals surface area contributed by atoms with Crippen LogP contribution in [0, 0.1) is 18.3 Å². The average Bonchev–Trinajstić information content (AvgIpc) is 3.25. The highest BCUT2D eigenvalue weighted by Gasteiger charge is 2.54. The molecule has 0 unspecified atom stereocenters. The first-order valence-corrected chi connectivity index (χ1v) is 9.50. The molecule has 1 N–H and O–H groups in total. The molecule has 2 aliphatic heterocycles. The van der Waals surface area contributed by atoms with Gasteiger partial charge in [0.2, 0.25) is 0 Å². The molecule has 2 fully saturated rings. The summed E-state index contributed by atoms with van der Waals surface area (Å²) in [4.78, 5) is 31.1. The van der Waals surface area contributed by atoms with Crippen LogP contribution in [0.1, 0.15) is 21.8 Å². The van der Waals surface area contributed by atoms with Gasteiger partial charge in [-0.25, -0.2) is 4.98 Å². The van der Waals surface area contributed by atoms with Gasteiger partial charge in [-0.2, -0.15) is 0 Å². The second kappa shape index (κ2) is 6.48. The Bertz CT molecular complexity index is 865. The lowest BCUT2D eigenvalue weighted by molar-refractivity contribution is -0.157. The number of fused-ring (bicyclic) bond motifs is 1. The van der Waals surface area contributed by atoms with Crippen LogP contribution in [-0.4, -0.2) is 53.2 Å². The molecule has 136 valence electrons. The molecule has 0 saturated carbocycles. The molecule has 4 rings (SSSR count). The standard InChI is InChI=1S/C19H20N2O4S/c1-12-20-16(10-26-12)13-3-2-4-14(7-13)17(22)21-8-15-9-25-6-5-19(15,11-21)18(23)24/h2-4,7,10,15H,5-6,8-9,11H2,1H3,(H,23,24)/t15-,19+/m0/s1. The van der Waals surface area contributed by atoms with Gasteiger partial charge < -0.3 is 14.7 Å². The molecule has 1 aromatic carbocycles. The molecule has 2 aliphatic rings. The number of carbonyl (C=O) groups is 2. The van der Waals surface area contributed by atoms with Crippen LogP contribution in [0.25, 0.3) is 11.3 Å². The lowest BCUT2D eigenvalue weighted by Gasteiger charge is -2.33. The molecule has 2 aromatic rings. The van der Waals surface area contributed by atoms with E-state index in [4.69, 9.17) is 4.74 Å². The minimum Gasteiger partial charge on any atom is -0.481 e. The van der Waals surface area contributed by atoms with Gasteiger partial charge in [-0.1, -0.05) is 12.1 Å². The van der Waals surface area contributed by atoms with Crippen LogP contribution in [0.4, 0.5) is 0 Å². The fourth-order valence-electron chi connectivity index (χ4n) is 3.94. The summed E-state index contributed by atoms with van der Waals surface area (Å²) in [6.07, 6.45) is 0.453. The van der Waals surface area contributed by atoms with E-state index >= 15 is 0 Å². The Morgan fingerprint density at radius 1 is 1.42 bits per heavy atom. The van der Waals surface area contributed by atoms with Crippen LogP contribution in [-0.2, 0) is 9.53 Å². The van der Waals surface area contributed by atoms with E-state index in [1.54, 1.807) is 22.3 Å². The van der Waals surface area contributed by atoms with Crippen LogP contribution in [0.2, 0.25) is 0 Å². The van der Waals surface area contributed by atoms with E-state index < -0.39 is 11.4 Å². The molecule has 3 heterocycles. The minimum atomic E-state index is -0.877. The van der Waals surface area contributed by atoms with Gasteiger partial charge in [-0.05, 0) is 25.5 Å². The van der Waals surface area contributed by atoms with E-state index in [-0.39, 0.29) is 18.4 Å². The number of hydrogen-bond donors (Lipinski definition) is 1. The molecule has 7 heteroatoms. The molecule has 1 aromatic heterocycles. The van der Waals surface area contributed by atoms with Crippen molar-refractivity contribution < 1.29 is 19.4 Å². The molecular weight excluding hydrogens is 352 g/mol. The first-order valence-electron chi connectivity index (χ1n) is 8.62. The van der Waals surface area contributed by atoms with E-state index in [0.717, 1.165) is 16.3 Å². The van der Waals surface area contributed by atoms with Gasteiger partial charge in [0.05, 0.1) is 22.7 Å². The third-order valence-corrected chi connectivity index (χ3v) is 6.22. The zero-order valence-electron chi connectivity index (χ0n) is 14.5. The van der Waals surface area contributed by atoms with Gasteiger partial charge in [-0.3, -0.25) is 9.59 Å². The number of ether oxygens (including phenoxy) is 1. The van der Waals surface area contributed by atoms with Crippen LogP contribution in [0.3, 0.4) is 0 Å². The van der Waals surface area contributed by atoms with Crippen molar-refractivity contribution in [1.82, 2.24) is 9.88 Å². The Morgan fingerprint density at radius 2 is 2.27 bits per heavy atom. The molecular formula is C19H20N2O4S. The number of amides is 1. The molecule has 2 atom stereocenters. The van der Waals surface area contributed by atoms with Gasteiger partial charge in [0.25, 0.3) is 5.91 Å². The number of aliphatic carboxylic acids is 1. The molecule has 1 amide bonds. The van der Waals surface area contributed by atoms with E-state index in [2.05, 4.69) is 4.98 Å². The summed E-state index contributed by atoms with van der Waals surface area (Å²) in [6.45, 7) is 3.45. The molecule has 0 aliphatic carbocycles. The Morgan fingerprint density at radius 3 is 2.96 bits per heavy atom. The van der Waals surface area contributed by atoms with Crippen molar-refractivity contribution in [3.63, 3.8) is 0 Å². The van der Waals surface area contributed by atoms with E-state index in [1.807, 2.05) is 30.5 Å². The van der Waals surface area contributed by atoms with Gasteiger partial charge in [0.1, 0.15) is 0 Å². The molecule has 0 bridgehead atoms. The van der Waals surface area contributed by atoms with Crippen molar-refractivity contribution in [3.05, 3.63) is 40.2 Å². The van der Waals surface area contributed by atoms with Crippen LogP contribution >= 0.6 is 11.3 Å². The predicted octanol–water partition coefficient (Wildman–Crippen LogP) is 2.68. The maximum atomic E-state index is 13.0. The molecule has 0 radical (unpaired) electrons. The SMILES string of the molecule is Cc1nc(-c2cccc(C(=O)N3C[C@H]4COCC[C@@]4(C(=O)O)C3)c2)cs1. The maximum Gasteiger partial charge on any atom is 0.311 e. The first kappa shape index (κ1) is 17.2. The Hall–Kier alpha value is -2.25. The third kappa shape index (κ3) is 2.81. The van der Waals surface area contributed by atoms with Gasteiger partial charge in [0, 0.05) is 42.1 Å². The average molecular weight is 372 g/mol. The second-order valence-corrected chi connectivity index (χ2v) is 8.06. The number of thiazole rings is 1. The fraction of sp³-hybridized carbons (Fsp3) is 0.421. The van der Waals surface area contributed by atoms with Crippen molar-refractivity contribution in [2.24, 2.45) is 11.3 Å². The van der Waals surface area contributed by atoms with E-state index in [9.17, 15) is 14.7 Å². The van der Waals surface area contributed by atoms with Crippen LogP contribution in [0.5, 0.6) is 0 Å². The zero-order valence-corrected chi connectivity index (χ0v) is 15.3. The van der Waals surface area contributed by atoms with Gasteiger partial charge >= 0.3 is 5.97 Å². The maximum absolute atomic E-state index is 13.0. The third-order valence-electron chi connectivity index (χ3n) is 5.44. The summed E-state index contributed by atoms with van der Waals surface area (Å²) >= 11 is 1.57. The highest BCUT2D eigenvalue weighted by Crippen LogP contribution is 2.43. The number of carboxylic acid groups (broad SMARTS) is 1. The zero-order chi connectivity index (χ0) is 18.3. The van der Waals surface area contributed by atoms with Gasteiger partial charge in [0.15, 0.2) is 0 Å². The summed E-state index contributed by atoms with van der Waals surface area (Å²) in [7, 11) is 0. The number of likely N-dealkylation sites (tertiary alicyclic amines) is 1. The highest BCUT2D eigenvalue weighted by molar-refractivity contribution is 7.09. The summed E-state index contributed by atoms with van der Waals surface area (Å²) < 4.78 is 5.46. The van der Waals surface area contributed by atoms with Crippen molar-refractivity contribution >= 4 is 23.2 Å². The number of benzene rings is 1. The first-order chi connectivity index (χ1) is 12.5. The van der Waals surface area contributed by atoms with Crippen molar-refractivity contribution in [3.8, 4) is 11.3 Å². The monoisotopic (exact) mass is 372 g/mol. The normalized spacial score (nSPS) is 25.1. The summed E-state index contributed by atoms with van der Waals surface area (Å²) in [5.74, 6) is -1.11. The Labute approximate surface area is 155 Å². The lowest BCUT2D eigenvalue weighted by atomic mass is 9.74. The van der Waals surface area contributed by atoms with E-state index in [0.29, 0.717) is 31.7 Å². The largest absolute Gasteiger partial charge is 0.481 e. The van der Waals surface area contributed by atoms with Gasteiger partial charge in [-0.15, -0.1) is 11.3 Å². The number of hydrogen-bond acceptors (Lipinski definition) is 5. The Kier molecular flexibility index (Phi) is 4.28. The number of carboxylic acids is 1. The van der Waals surface area contributed by atoms with Crippen molar-refractivity contribution in [1.29, 1.82) is 0 Å².